The van der Waals surface area contributed by atoms with Crippen LogP contribution in [0.1, 0.15) is 24.2 Å². The second-order valence-corrected chi connectivity index (χ2v) is 3.91. The molecule has 1 aliphatic rings. The molecule has 1 aromatic rings. The van der Waals surface area contributed by atoms with Gasteiger partial charge in [0.2, 0.25) is 5.78 Å². The third-order valence-electron chi connectivity index (χ3n) is 2.69. The number of benzene rings is 1. The van der Waals surface area contributed by atoms with Crippen LogP contribution in [0.3, 0.4) is 0 Å². The van der Waals surface area contributed by atoms with E-state index in [-0.39, 0.29) is 12.4 Å². The fourth-order valence-corrected chi connectivity index (χ4v) is 1.76. The Bertz CT molecular complexity index is 497. The standard InChI is InChI=1S/C12H13NO4/c1-3-16-11(15)12(2)10(14)7-5-4-6-8(13)9(7)17-12/h4-6H,3,13H2,1-2H3. The molecule has 0 spiro atoms. The predicted molar refractivity (Wildman–Crippen MR) is 60.9 cm³/mol. The smallest absolute Gasteiger partial charge is 0.358 e. The molecule has 0 aromatic heterocycles. The van der Waals surface area contributed by atoms with Crippen molar-refractivity contribution >= 4 is 17.4 Å². The number of ketones is 1. The molecule has 1 aromatic carbocycles. The normalized spacial score (nSPS) is 21.9. The minimum atomic E-state index is -1.62. The van der Waals surface area contributed by atoms with E-state index in [0.717, 1.165) is 0 Å². The number of nitrogens with two attached hydrogens (primary N) is 1. The third-order valence-corrected chi connectivity index (χ3v) is 2.69. The summed E-state index contributed by atoms with van der Waals surface area (Å²) in [5, 5.41) is 0. The second kappa shape index (κ2) is 3.76. The number of carbonyl (C=O) groups is 2. The van der Waals surface area contributed by atoms with Gasteiger partial charge >= 0.3 is 5.97 Å². The van der Waals surface area contributed by atoms with E-state index in [9.17, 15) is 9.59 Å². The van der Waals surface area contributed by atoms with Crippen molar-refractivity contribution < 1.29 is 19.1 Å². The molecule has 1 unspecified atom stereocenters. The molecule has 1 heterocycles. The molecular formula is C12H13NO4. The summed E-state index contributed by atoms with van der Waals surface area (Å²) in [7, 11) is 0. The van der Waals surface area contributed by atoms with Gasteiger partial charge in [-0.3, -0.25) is 4.79 Å². The van der Waals surface area contributed by atoms with Gasteiger partial charge in [0.25, 0.3) is 5.60 Å². The molecule has 90 valence electrons. The second-order valence-electron chi connectivity index (χ2n) is 3.91. The van der Waals surface area contributed by atoms with E-state index in [0.29, 0.717) is 11.3 Å². The number of ether oxygens (including phenoxy) is 2. The number of esters is 1. The molecule has 1 atom stereocenters. The van der Waals surface area contributed by atoms with E-state index < -0.39 is 17.4 Å². The van der Waals surface area contributed by atoms with Crippen LogP contribution >= 0.6 is 0 Å². The van der Waals surface area contributed by atoms with Gasteiger partial charge in [-0.25, -0.2) is 4.79 Å². The molecule has 0 fully saturated rings. The lowest BCUT2D eigenvalue weighted by Crippen LogP contribution is -2.46. The minimum Gasteiger partial charge on any atom is -0.465 e. The minimum absolute atomic E-state index is 0.191. The maximum absolute atomic E-state index is 12.1. The Morgan fingerprint density at radius 3 is 2.82 bits per heavy atom. The van der Waals surface area contributed by atoms with Gasteiger partial charge in [0.15, 0.2) is 5.75 Å². The van der Waals surface area contributed by atoms with Gasteiger partial charge in [0, 0.05) is 0 Å². The van der Waals surface area contributed by atoms with Crippen molar-refractivity contribution in [3.63, 3.8) is 0 Å². The zero-order valence-electron chi connectivity index (χ0n) is 9.65. The Labute approximate surface area is 98.5 Å². The van der Waals surface area contributed by atoms with Crippen LogP contribution in [0, 0.1) is 0 Å². The maximum atomic E-state index is 12.1. The van der Waals surface area contributed by atoms with Crippen molar-refractivity contribution in [1.29, 1.82) is 0 Å². The summed E-state index contributed by atoms with van der Waals surface area (Å²) in [5.41, 5.74) is 4.74. The molecule has 2 rings (SSSR count). The first-order valence-corrected chi connectivity index (χ1v) is 5.30. The van der Waals surface area contributed by atoms with Crippen molar-refractivity contribution in [3.8, 4) is 5.75 Å². The molecule has 0 aliphatic carbocycles. The Morgan fingerprint density at radius 2 is 2.24 bits per heavy atom. The van der Waals surface area contributed by atoms with E-state index in [4.69, 9.17) is 15.2 Å². The van der Waals surface area contributed by atoms with E-state index in [1.165, 1.54) is 6.92 Å². The summed E-state index contributed by atoms with van der Waals surface area (Å²) in [6.45, 7) is 3.26. The number of para-hydroxylation sites is 1. The van der Waals surface area contributed by atoms with Gasteiger partial charge in [-0.1, -0.05) is 6.07 Å². The molecule has 0 bridgehead atoms. The predicted octanol–water partition coefficient (Wildman–Crippen LogP) is 1.17. The quantitative estimate of drug-likeness (QED) is 0.473. The van der Waals surface area contributed by atoms with Crippen molar-refractivity contribution in [1.82, 2.24) is 0 Å². The summed E-state index contributed by atoms with van der Waals surface area (Å²) < 4.78 is 10.2. The molecule has 0 radical (unpaired) electrons. The summed E-state index contributed by atoms with van der Waals surface area (Å²) in [6.07, 6.45) is 0. The highest BCUT2D eigenvalue weighted by Crippen LogP contribution is 2.39. The lowest BCUT2D eigenvalue weighted by atomic mass is 9.97. The summed E-state index contributed by atoms with van der Waals surface area (Å²) in [4.78, 5) is 23.9. The molecule has 1 aliphatic heterocycles. The number of hydrogen-bond donors (Lipinski definition) is 1. The Kier molecular flexibility index (Phi) is 2.53. The largest absolute Gasteiger partial charge is 0.465 e. The van der Waals surface area contributed by atoms with Gasteiger partial charge in [-0.05, 0) is 26.0 Å². The van der Waals surface area contributed by atoms with Crippen LogP contribution in [0.4, 0.5) is 5.69 Å². The molecule has 0 saturated carbocycles. The molecule has 2 N–H and O–H groups in total. The van der Waals surface area contributed by atoms with Crippen LogP contribution in [0.15, 0.2) is 18.2 Å². The molecular weight excluding hydrogens is 222 g/mol. The Hall–Kier alpha value is -2.04. The molecule has 5 heteroatoms. The Balaban J connectivity index is 2.43. The van der Waals surface area contributed by atoms with Crippen LogP contribution in [0.25, 0.3) is 0 Å². The average Bonchev–Trinajstić information content (AvgIpc) is 2.56. The monoisotopic (exact) mass is 235 g/mol. The van der Waals surface area contributed by atoms with Crippen LogP contribution in [-0.2, 0) is 9.53 Å². The highest BCUT2D eigenvalue weighted by atomic mass is 16.6. The van der Waals surface area contributed by atoms with Crippen molar-refractivity contribution in [2.75, 3.05) is 12.3 Å². The van der Waals surface area contributed by atoms with Gasteiger partial charge in [-0.2, -0.15) is 0 Å². The molecule has 5 nitrogen and oxygen atoms in total. The number of Topliss-reactive ketones (excluding diaryl/α,β-unsaturated/α-hetero) is 1. The van der Waals surface area contributed by atoms with E-state index in [1.54, 1.807) is 25.1 Å². The van der Waals surface area contributed by atoms with Crippen LogP contribution in [0.5, 0.6) is 5.75 Å². The zero-order valence-corrected chi connectivity index (χ0v) is 9.65. The maximum Gasteiger partial charge on any atom is 0.358 e. The topological polar surface area (TPSA) is 78.6 Å². The fraction of sp³-hybridized carbons (Fsp3) is 0.333. The van der Waals surface area contributed by atoms with Crippen molar-refractivity contribution in [2.45, 2.75) is 19.4 Å². The number of carbonyl (C=O) groups excluding carboxylic acids is 2. The van der Waals surface area contributed by atoms with Crippen LogP contribution < -0.4 is 10.5 Å². The first kappa shape index (κ1) is 11.4. The number of nitrogen functional groups attached to an aromatic ring is 1. The van der Waals surface area contributed by atoms with E-state index in [2.05, 4.69) is 0 Å². The third kappa shape index (κ3) is 1.54. The van der Waals surface area contributed by atoms with Crippen molar-refractivity contribution in [3.05, 3.63) is 23.8 Å². The molecule has 0 saturated heterocycles. The van der Waals surface area contributed by atoms with Crippen LogP contribution in [0.2, 0.25) is 0 Å². The highest BCUT2D eigenvalue weighted by Gasteiger charge is 2.52. The highest BCUT2D eigenvalue weighted by molar-refractivity contribution is 6.19. The number of hydrogen-bond acceptors (Lipinski definition) is 5. The van der Waals surface area contributed by atoms with Gasteiger partial charge < -0.3 is 15.2 Å². The summed E-state index contributed by atoms with van der Waals surface area (Å²) >= 11 is 0. The van der Waals surface area contributed by atoms with Crippen molar-refractivity contribution in [2.24, 2.45) is 0 Å². The van der Waals surface area contributed by atoms with Gasteiger partial charge in [0.05, 0.1) is 17.9 Å². The van der Waals surface area contributed by atoms with E-state index in [1.807, 2.05) is 0 Å². The first-order valence-electron chi connectivity index (χ1n) is 5.30. The average molecular weight is 235 g/mol. The van der Waals surface area contributed by atoms with Gasteiger partial charge in [-0.15, -0.1) is 0 Å². The molecule has 0 amide bonds. The van der Waals surface area contributed by atoms with E-state index >= 15 is 0 Å². The lowest BCUT2D eigenvalue weighted by molar-refractivity contribution is -0.155. The number of anilines is 1. The Morgan fingerprint density at radius 1 is 1.53 bits per heavy atom. The summed E-state index contributed by atoms with van der Waals surface area (Å²) in [5.74, 6) is -0.855. The SMILES string of the molecule is CCOC(=O)C1(C)Oc2c(N)cccc2C1=O. The zero-order chi connectivity index (χ0) is 12.6. The number of rotatable bonds is 2. The van der Waals surface area contributed by atoms with Crippen LogP contribution in [-0.4, -0.2) is 24.0 Å². The molecule has 17 heavy (non-hydrogen) atoms. The fourth-order valence-electron chi connectivity index (χ4n) is 1.76. The van der Waals surface area contributed by atoms with Gasteiger partial charge in [0.1, 0.15) is 0 Å². The summed E-state index contributed by atoms with van der Waals surface area (Å²) in [6, 6.07) is 4.84. The first-order chi connectivity index (χ1) is 8.00. The number of fused-ring (bicyclic) bond motifs is 1. The lowest BCUT2D eigenvalue weighted by Gasteiger charge is -2.19.